The molecule has 1 N–H and O–H groups in total. The Morgan fingerprint density at radius 2 is 2.25 bits per heavy atom. The summed E-state index contributed by atoms with van der Waals surface area (Å²) in [6.45, 7) is 3.93. The number of hydrogen-bond donors (Lipinski definition) is 1. The Morgan fingerprint density at radius 1 is 1.46 bits per heavy atom. The molecule has 128 valence electrons. The topological polar surface area (TPSA) is 68.5 Å². The fourth-order valence-electron chi connectivity index (χ4n) is 3.20. The SMILES string of the molecule is CC[C@H]1CCc2c(sc(NC(=O)c3ccoc3C)c2C(=O)OC)C1. The molecule has 2 aromatic heterocycles. The quantitative estimate of drug-likeness (QED) is 0.842. The molecule has 0 aromatic carbocycles. The Balaban J connectivity index is 1.95. The van der Waals surface area contributed by atoms with E-state index in [-0.39, 0.29) is 11.9 Å². The third kappa shape index (κ3) is 2.98. The number of ether oxygens (including phenoxy) is 1. The number of thiophene rings is 1. The molecule has 3 rings (SSSR count). The summed E-state index contributed by atoms with van der Waals surface area (Å²) >= 11 is 1.49. The first kappa shape index (κ1) is 16.8. The lowest BCUT2D eigenvalue weighted by molar-refractivity contribution is 0.0601. The summed E-state index contributed by atoms with van der Waals surface area (Å²) in [5, 5.41) is 3.46. The molecule has 24 heavy (non-hydrogen) atoms. The predicted octanol–water partition coefficient (Wildman–Crippen LogP) is 4.20. The zero-order valence-electron chi connectivity index (χ0n) is 14.1. The summed E-state index contributed by atoms with van der Waals surface area (Å²) in [7, 11) is 1.37. The molecule has 1 atom stereocenters. The molecular weight excluding hydrogens is 326 g/mol. The number of carbonyl (C=O) groups excluding carboxylic acids is 2. The van der Waals surface area contributed by atoms with Crippen molar-refractivity contribution in [2.45, 2.75) is 39.5 Å². The number of anilines is 1. The van der Waals surface area contributed by atoms with Crippen LogP contribution in [0.25, 0.3) is 0 Å². The molecule has 0 unspecified atom stereocenters. The van der Waals surface area contributed by atoms with Crippen LogP contribution < -0.4 is 5.32 Å². The molecule has 0 bridgehead atoms. The summed E-state index contributed by atoms with van der Waals surface area (Å²) in [4.78, 5) is 25.9. The highest BCUT2D eigenvalue weighted by atomic mass is 32.1. The zero-order valence-corrected chi connectivity index (χ0v) is 14.9. The summed E-state index contributed by atoms with van der Waals surface area (Å²) in [6.07, 6.45) is 5.49. The van der Waals surface area contributed by atoms with Gasteiger partial charge in [0.05, 0.1) is 24.5 Å². The molecule has 1 aliphatic carbocycles. The maximum atomic E-state index is 12.5. The van der Waals surface area contributed by atoms with E-state index in [1.54, 1.807) is 13.0 Å². The van der Waals surface area contributed by atoms with Crippen LogP contribution in [0, 0.1) is 12.8 Å². The average molecular weight is 347 g/mol. The first-order chi connectivity index (χ1) is 11.5. The number of esters is 1. The number of methoxy groups -OCH3 is 1. The van der Waals surface area contributed by atoms with Crippen LogP contribution in [0.15, 0.2) is 16.7 Å². The van der Waals surface area contributed by atoms with Gasteiger partial charge in [-0.3, -0.25) is 4.79 Å². The maximum absolute atomic E-state index is 12.5. The Labute approximate surface area is 145 Å². The highest BCUT2D eigenvalue weighted by Crippen LogP contribution is 2.41. The van der Waals surface area contributed by atoms with Crippen LogP contribution in [0.1, 0.15) is 56.7 Å². The van der Waals surface area contributed by atoms with Crippen LogP contribution >= 0.6 is 11.3 Å². The Morgan fingerprint density at radius 3 is 2.88 bits per heavy atom. The van der Waals surface area contributed by atoms with E-state index in [1.807, 2.05) is 0 Å². The van der Waals surface area contributed by atoms with Crippen molar-refractivity contribution in [1.29, 1.82) is 0 Å². The van der Waals surface area contributed by atoms with E-state index in [0.717, 1.165) is 31.2 Å². The highest BCUT2D eigenvalue weighted by Gasteiger charge is 2.30. The zero-order chi connectivity index (χ0) is 17.3. The van der Waals surface area contributed by atoms with Gasteiger partial charge in [0.25, 0.3) is 5.91 Å². The summed E-state index contributed by atoms with van der Waals surface area (Å²) in [5.41, 5.74) is 2.03. The molecule has 0 aliphatic heterocycles. The van der Waals surface area contributed by atoms with E-state index in [9.17, 15) is 9.59 Å². The molecule has 1 amide bonds. The van der Waals surface area contributed by atoms with Crippen LogP contribution in [0.4, 0.5) is 5.00 Å². The lowest BCUT2D eigenvalue weighted by atomic mass is 9.85. The van der Waals surface area contributed by atoms with Crippen molar-refractivity contribution in [3.05, 3.63) is 39.7 Å². The number of amides is 1. The van der Waals surface area contributed by atoms with Crippen molar-refractivity contribution in [3.63, 3.8) is 0 Å². The van der Waals surface area contributed by atoms with Crippen LogP contribution in [0.3, 0.4) is 0 Å². The molecular formula is C18H21NO4S. The van der Waals surface area contributed by atoms with Gasteiger partial charge in [0, 0.05) is 4.88 Å². The molecule has 0 spiro atoms. The van der Waals surface area contributed by atoms with Gasteiger partial charge in [0.15, 0.2) is 0 Å². The molecule has 2 heterocycles. The second kappa shape index (κ2) is 6.81. The maximum Gasteiger partial charge on any atom is 0.341 e. The lowest BCUT2D eigenvalue weighted by Crippen LogP contribution is -2.16. The van der Waals surface area contributed by atoms with E-state index < -0.39 is 0 Å². The van der Waals surface area contributed by atoms with Crippen LogP contribution in [-0.4, -0.2) is 19.0 Å². The Bertz CT molecular complexity index is 774. The number of rotatable bonds is 4. The number of hydrogen-bond acceptors (Lipinski definition) is 5. The average Bonchev–Trinajstić information content (AvgIpc) is 3.16. The van der Waals surface area contributed by atoms with Crippen molar-refractivity contribution >= 4 is 28.2 Å². The third-order valence-corrected chi connectivity index (χ3v) is 5.83. The van der Waals surface area contributed by atoms with Crippen molar-refractivity contribution in [2.75, 3.05) is 12.4 Å². The molecule has 6 heteroatoms. The number of nitrogens with one attached hydrogen (secondary N) is 1. The standard InChI is InChI=1S/C18H21NO4S/c1-4-11-5-6-13-14(9-11)24-17(15(13)18(21)22-3)19-16(20)12-7-8-23-10(12)2/h7-8,11H,4-6,9H2,1-3H3,(H,19,20)/t11-/m0/s1. The van der Waals surface area contributed by atoms with Gasteiger partial charge in [-0.1, -0.05) is 13.3 Å². The second-order valence-corrected chi connectivity index (χ2v) is 7.17. The smallest absolute Gasteiger partial charge is 0.341 e. The molecule has 0 fully saturated rings. The summed E-state index contributed by atoms with van der Waals surface area (Å²) in [6, 6.07) is 1.63. The minimum absolute atomic E-state index is 0.267. The fraction of sp³-hybridized carbons (Fsp3) is 0.444. The van der Waals surface area contributed by atoms with Crippen molar-refractivity contribution in [3.8, 4) is 0 Å². The predicted molar refractivity (Wildman–Crippen MR) is 92.9 cm³/mol. The molecule has 5 nitrogen and oxygen atoms in total. The minimum atomic E-state index is -0.387. The Hall–Kier alpha value is -2.08. The van der Waals surface area contributed by atoms with Gasteiger partial charge in [0.2, 0.25) is 0 Å². The number of furan rings is 1. The molecule has 0 radical (unpaired) electrons. The van der Waals surface area contributed by atoms with E-state index in [0.29, 0.717) is 27.8 Å². The minimum Gasteiger partial charge on any atom is -0.469 e. The largest absolute Gasteiger partial charge is 0.469 e. The van der Waals surface area contributed by atoms with Crippen LogP contribution in [0.5, 0.6) is 0 Å². The Kier molecular flexibility index (Phi) is 4.76. The van der Waals surface area contributed by atoms with Gasteiger partial charge in [-0.05, 0) is 43.7 Å². The highest BCUT2D eigenvalue weighted by molar-refractivity contribution is 7.17. The van der Waals surface area contributed by atoms with Gasteiger partial charge >= 0.3 is 5.97 Å². The number of carbonyl (C=O) groups is 2. The molecule has 2 aromatic rings. The van der Waals surface area contributed by atoms with Gasteiger partial charge in [-0.2, -0.15) is 0 Å². The van der Waals surface area contributed by atoms with E-state index >= 15 is 0 Å². The van der Waals surface area contributed by atoms with Crippen LogP contribution in [-0.2, 0) is 17.6 Å². The molecule has 0 saturated carbocycles. The normalized spacial score (nSPS) is 16.5. The third-order valence-electron chi connectivity index (χ3n) is 4.66. The summed E-state index contributed by atoms with van der Waals surface area (Å²) < 4.78 is 10.1. The van der Waals surface area contributed by atoms with Gasteiger partial charge in [0.1, 0.15) is 10.8 Å². The van der Waals surface area contributed by atoms with Crippen molar-refractivity contribution < 1.29 is 18.7 Å². The monoisotopic (exact) mass is 347 g/mol. The molecule has 0 saturated heterocycles. The van der Waals surface area contributed by atoms with E-state index in [1.165, 1.54) is 29.6 Å². The van der Waals surface area contributed by atoms with Gasteiger partial charge in [-0.15, -0.1) is 11.3 Å². The number of fused-ring (bicyclic) bond motifs is 1. The van der Waals surface area contributed by atoms with Crippen LogP contribution in [0.2, 0.25) is 0 Å². The first-order valence-electron chi connectivity index (χ1n) is 8.13. The first-order valence-corrected chi connectivity index (χ1v) is 8.95. The van der Waals surface area contributed by atoms with E-state index in [4.69, 9.17) is 9.15 Å². The van der Waals surface area contributed by atoms with Gasteiger partial charge in [-0.25, -0.2) is 4.79 Å². The van der Waals surface area contributed by atoms with Crippen molar-refractivity contribution in [2.24, 2.45) is 5.92 Å². The fourth-order valence-corrected chi connectivity index (χ4v) is 4.54. The van der Waals surface area contributed by atoms with E-state index in [2.05, 4.69) is 12.2 Å². The summed E-state index contributed by atoms with van der Waals surface area (Å²) in [5.74, 6) is 0.541. The van der Waals surface area contributed by atoms with Gasteiger partial charge < -0.3 is 14.5 Å². The number of aryl methyl sites for hydroxylation is 1. The second-order valence-electron chi connectivity index (χ2n) is 6.06. The molecule has 1 aliphatic rings. The lowest BCUT2D eigenvalue weighted by Gasteiger charge is -2.20. The van der Waals surface area contributed by atoms with Crippen molar-refractivity contribution in [1.82, 2.24) is 0 Å².